The van der Waals surface area contributed by atoms with Gasteiger partial charge in [0, 0.05) is 24.4 Å². The van der Waals surface area contributed by atoms with Crippen LogP contribution in [0.5, 0.6) is 0 Å². The number of carbonyl (C=O) groups excluding carboxylic acids is 1. The SMILES string of the molecule is CC(C)NC(=O)[C@@]1(OCc2ccccc2F)C[C@H](OCc2ccc(C(F)(F)F)cc2)[C@@H]2OC(C)(C)O[C@@H]2C1. The highest BCUT2D eigenvalue weighted by Crippen LogP contribution is 2.44. The molecule has 2 aliphatic rings. The quantitative estimate of drug-likeness (QED) is 0.448. The molecule has 10 heteroatoms. The highest BCUT2D eigenvalue weighted by molar-refractivity contribution is 5.85. The largest absolute Gasteiger partial charge is 0.416 e. The fourth-order valence-corrected chi connectivity index (χ4v) is 4.93. The Labute approximate surface area is 219 Å². The van der Waals surface area contributed by atoms with Crippen LogP contribution < -0.4 is 5.32 Å². The lowest BCUT2D eigenvalue weighted by atomic mass is 9.78. The van der Waals surface area contributed by atoms with Crippen molar-refractivity contribution in [3.63, 3.8) is 0 Å². The van der Waals surface area contributed by atoms with E-state index in [0.29, 0.717) is 11.1 Å². The predicted molar refractivity (Wildman–Crippen MR) is 130 cm³/mol. The minimum Gasteiger partial charge on any atom is -0.371 e. The van der Waals surface area contributed by atoms with E-state index in [-0.39, 0.29) is 38.0 Å². The molecule has 4 rings (SSSR count). The van der Waals surface area contributed by atoms with Gasteiger partial charge < -0.3 is 24.3 Å². The molecule has 1 aliphatic heterocycles. The zero-order valence-corrected chi connectivity index (χ0v) is 21.8. The Morgan fingerprint density at radius 1 is 1.05 bits per heavy atom. The molecule has 2 fully saturated rings. The van der Waals surface area contributed by atoms with Gasteiger partial charge in [-0.15, -0.1) is 0 Å². The first-order chi connectivity index (χ1) is 17.8. The summed E-state index contributed by atoms with van der Waals surface area (Å²) in [5, 5.41) is 2.90. The number of hydrogen-bond donors (Lipinski definition) is 1. The molecule has 0 unspecified atom stereocenters. The summed E-state index contributed by atoms with van der Waals surface area (Å²) in [6.07, 6.45) is -5.96. The Bertz CT molecular complexity index is 1120. The Kier molecular flexibility index (Phi) is 8.18. The van der Waals surface area contributed by atoms with Crippen molar-refractivity contribution in [3.05, 3.63) is 71.0 Å². The van der Waals surface area contributed by atoms with Gasteiger partial charge in [0.25, 0.3) is 5.91 Å². The minimum atomic E-state index is -4.43. The molecule has 1 saturated heterocycles. The molecule has 1 heterocycles. The molecule has 1 aliphatic carbocycles. The summed E-state index contributed by atoms with van der Waals surface area (Å²) in [6, 6.07) is 10.7. The van der Waals surface area contributed by atoms with Crippen LogP contribution in [0.15, 0.2) is 48.5 Å². The average molecular weight is 540 g/mol. The first kappa shape index (κ1) is 28.5. The van der Waals surface area contributed by atoms with Gasteiger partial charge in [-0.3, -0.25) is 4.79 Å². The van der Waals surface area contributed by atoms with Crippen molar-refractivity contribution in [2.45, 2.75) is 95.7 Å². The molecule has 2 aromatic carbocycles. The van der Waals surface area contributed by atoms with Crippen LogP contribution in [0, 0.1) is 5.82 Å². The van der Waals surface area contributed by atoms with Gasteiger partial charge in [-0.2, -0.15) is 13.2 Å². The fraction of sp³-hybridized carbons (Fsp3) is 0.536. The second kappa shape index (κ2) is 10.9. The Hall–Kier alpha value is -2.53. The van der Waals surface area contributed by atoms with Crippen LogP contribution in [0.25, 0.3) is 0 Å². The van der Waals surface area contributed by atoms with Gasteiger partial charge in [0.1, 0.15) is 11.9 Å². The number of nitrogens with one attached hydrogen (secondary N) is 1. The van der Waals surface area contributed by atoms with Crippen molar-refractivity contribution in [1.82, 2.24) is 5.32 Å². The van der Waals surface area contributed by atoms with Crippen LogP contribution in [0.2, 0.25) is 0 Å². The van der Waals surface area contributed by atoms with Crippen LogP contribution in [-0.2, 0) is 43.1 Å². The molecular weight excluding hydrogens is 506 g/mol. The first-order valence-corrected chi connectivity index (χ1v) is 12.6. The molecule has 0 spiro atoms. The maximum absolute atomic E-state index is 14.4. The number of alkyl halides is 3. The van der Waals surface area contributed by atoms with Crippen LogP contribution >= 0.6 is 0 Å². The fourth-order valence-electron chi connectivity index (χ4n) is 4.93. The molecule has 1 saturated carbocycles. The van der Waals surface area contributed by atoms with Gasteiger partial charge in [-0.1, -0.05) is 30.3 Å². The summed E-state index contributed by atoms with van der Waals surface area (Å²) in [5.41, 5.74) is -1.33. The van der Waals surface area contributed by atoms with E-state index < -0.39 is 47.3 Å². The van der Waals surface area contributed by atoms with Gasteiger partial charge in [0.05, 0.1) is 31.0 Å². The van der Waals surface area contributed by atoms with Crippen molar-refractivity contribution in [3.8, 4) is 0 Å². The number of fused-ring (bicyclic) bond motifs is 1. The average Bonchev–Trinajstić information content (AvgIpc) is 3.15. The molecule has 0 radical (unpaired) electrons. The standard InChI is InChI=1S/C28H33F4NO5/c1-17(2)33-25(34)27(36-16-19-7-5-6-8-21(19)29)13-22(24-23(14-27)37-26(3,4)38-24)35-15-18-9-11-20(12-10-18)28(30,31)32/h5-12,17,22-24H,13-16H2,1-4H3,(H,33,34)/t22-,23+,24-,27+/m0/s1. The molecule has 4 atom stereocenters. The van der Waals surface area contributed by atoms with Crippen LogP contribution in [0.1, 0.15) is 57.2 Å². The molecule has 38 heavy (non-hydrogen) atoms. The molecular formula is C28H33F4NO5. The highest BCUT2D eigenvalue weighted by atomic mass is 19.4. The second-order valence-electron chi connectivity index (χ2n) is 10.6. The van der Waals surface area contributed by atoms with E-state index in [9.17, 15) is 22.4 Å². The summed E-state index contributed by atoms with van der Waals surface area (Å²) < 4.78 is 77.8. The third-order valence-electron chi connectivity index (χ3n) is 6.69. The van der Waals surface area contributed by atoms with E-state index in [1.165, 1.54) is 18.2 Å². The lowest BCUT2D eigenvalue weighted by Gasteiger charge is -2.43. The monoisotopic (exact) mass is 539 g/mol. The third kappa shape index (κ3) is 6.54. The molecule has 2 aromatic rings. The number of amides is 1. The zero-order chi connectivity index (χ0) is 27.7. The summed E-state index contributed by atoms with van der Waals surface area (Å²) in [5.74, 6) is -1.77. The molecule has 1 amide bonds. The van der Waals surface area contributed by atoms with Crippen LogP contribution in [0.4, 0.5) is 17.6 Å². The predicted octanol–water partition coefficient (Wildman–Crippen LogP) is 5.52. The molecule has 6 nitrogen and oxygen atoms in total. The molecule has 0 bridgehead atoms. The van der Waals surface area contributed by atoms with E-state index in [1.54, 1.807) is 32.0 Å². The highest BCUT2D eigenvalue weighted by Gasteiger charge is 2.58. The molecule has 208 valence electrons. The van der Waals surface area contributed by atoms with Crippen molar-refractivity contribution >= 4 is 5.91 Å². The van der Waals surface area contributed by atoms with Gasteiger partial charge in [-0.05, 0) is 51.5 Å². The van der Waals surface area contributed by atoms with E-state index in [2.05, 4.69) is 5.32 Å². The summed E-state index contributed by atoms with van der Waals surface area (Å²) in [4.78, 5) is 13.5. The molecule has 1 N–H and O–H groups in total. The lowest BCUT2D eigenvalue weighted by Crippen LogP contribution is -2.60. The van der Waals surface area contributed by atoms with Crippen LogP contribution in [-0.4, -0.2) is 41.6 Å². The Morgan fingerprint density at radius 2 is 1.74 bits per heavy atom. The number of benzene rings is 2. The maximum atomic E-state index is 14.4. The van der Waals surface area contributed by atoms with Gasteiger partial charge in [0.15, 0.2) is 11.4 Å². The number of ether oxygens (including phenoxy) is 4. The summed E-state index contributed by atoms with van der Waals surface area (Å²) in [6.45, 7) is 7.01. The van der Waals surface area contributed by atoms with Gasteiger partial charge in [0.2, 0.25) is 0 Å². The summed E-state index contributed by atoms with van der Waals surface area (Å²) in [7, 11) is 0. The normalized spacial score (nSPS) is 26.8. The van der Waals surface area contributed by atoms with Crippen molar-refractivity contribution in [2.24, 2.45) is 0 Å². The maximum Gasteiger partial charge on any atom is 0.416 e. The number of rotatable bonds is 8. The smallest absolute Gasteiger partial charge is 0.371 e. The summed E-state index contributed by atoms with van der Waals surface area (Å²) >= 11 is 0. The van der Waals surface area contributed by atoms with E-state index in [0.717, 1.165) is 12.1 Å². The van der Waals surface area contributed by atoms with Crippen molar-refractivity contribution < 1.29 is 41.3 Å². The van der Waals surface area contributed by atoms with Crippen molar-refractivity contribution in [1.29, 1.82) is 0 Å². The van der Waals surface area contributed by atoms with Gasteiger partial charge >= 0.3 is 6.18 Å². The van der Waals surface area contributed by atoms with E-state index in [4.69, 9.17) is 18.9 Å². The minimum absolute atomic E-state index is 0.00892. The van der Waals surface area contributed by atoms with Crippen molar-refractivity contribution in [2.75, 3.05) is 0 Å². The van der Waals surface area contributed by atoms with E-state index >= 15 is 0 Å². The number of hydrogen-bond acceptors (Lipinski definition) is 5. The first-order valence-electron chi connectivity index (χ1n) is 12.6. The molecule has 0 aromatic heterocycles. The van der Waals surface area contributed by atoms with Gasteiger partial charge in [-0.25, -0.2) is 4.39 Å². The zero-order valence-electron chi connectivity index (χ0n) is 21.8. The Balaban J connectivity index is 1.59. The number of halogens is 4. The topological polar surface area (TPSA) is 66.0 Å². The second-order valence-corrected chi connectivity index (χ2v) is 10.6. The van der Waals surface area contributed by atoms with Crippen LogP contribution in [0.3, 0.4) is 0 Å². The lowest BCUT2D eigenvalue weighted by molar-refractivity contribution is -0.184. The number of carbonyl (C=O) groups is 1. The Morgan fingerprint density at radius 3 is 2.37 bits per heavy atom. The van der Waals surface area contributed by atoms with E-state index in [1.807, 2.05) is 13.8 Å². The third-order valence-corrected chi connectivity index (χ3v) is 6.69.